The Morgan fingerprint density at radius 3 is 0.847 bits per heavy atom. The molecule has 24 rings (SSSR count). The Hall–Kier alpha value is -14.2. The molecule has 0 saturated carbocycles. The Morgan fingerprint density at radius 1 is 0.191 bits per heavy atom. The first-order chi connectivity index (χ1) is 62.3. The number of rotatable bonds is 4. The van der Waals surface area contributed by atoms with Crippen molar-refractivity contribution in [2.24, 2.45) is 0 Å². The van der Waals surface area contributed by atoms with Crippen LogP contribution in [0, 0.1) is 6.92 Å². The lowest BCUT2D eigenvalue weighted by Gasteiger charge is -2.23. The molecule has 0 N–H and O–H groups in total. The van der Waals surface area contributed by atoms with Crippen LogP contribution >= 0.6 is 0 Å². The summed E-state index contributed by atoms with van der Waals surface area (Å²) in [6, 6.07) is 110. The fourth-order valence-corrected chi connectivity index (χ4v) is 20.2. The van der Waals surface area contributed by atoms with E-state index in [4.69, 9.17) is 19.9 Å². The summed E-state index contributed by atoms with van der Waals surface area (Å²) in [5.41, 5.74) is 35.8. The molecule has 0 amide bonds. The Morgan fingerprint density at radius 2 is 0.458 bits per heavy atom. The van der Waals surface area contributed by atoms with Crippen molar-refractivity contribution in [3.63, 3.8) is 0 Å². The summed E-state index contributed by atoms with van der Waals surface area (Å²) in [5.74, 6) is 4.01. The lowest BCUT2D eigenvalue weighted by Crippen LogP contribution is -2.21. The summed E-state index contributed by atoms with van der Waals surface area (Å²) in [6.07, 6.45) is 0. The van der Waals surface area contributed by atoms with Crippen molar-refractivity contribution in [3.8, 4) is 33.6 Å². The Balaban J connectivity index is 0.000000118. The number of benzene rings is 14. The first kappa shape index (κ1) is 83.7. The topological polar surface area (TPSA) is 98.8 Å². The minimum Gasteiger partial charge on any atom is -0.309 e. The van der Waals surface area contributed by atoms with E-state index in [0.29, 0.717) is 0 Å². The van der Waals surface area contributed by atoms with Gasteiger partial charge in [-0.25, -0.2) is 19.9 Å². The Labute approximate surface area is 764 Å². The molecule has 0 unspecified atom stereocenters. The van der Waals surface area contributed by atoms with Crippen LogP contribution in [-0.2, 0) is 38.4 Å². The third-order valence-electron chi connectivity index (χ3n) is 26.5. The maximum Gasteiger partial charge on any atom is 0.216 e. The summed E-state index contributed by atoms with van der Waals surface area (Å²) < 4.78 is 23.5. The van der Waals surface area contributed by atoms with Crippen LogP contribution in [0.5, 0.6) is 0 Å². The van der Waals surface area contributed by atoms with Gasteiger partial charge in [0.1, 0.15) is 0 Å². The molecule has 654 valence electrons. The van der Waals surface area contributed by atoms with E-state index in [0.717, 1.165) is 61.8 Å². The van der Waals surface area contributed by atoms with Gasteiger partial charge < -0.3 is 27.4 Å². The van der Waals surface area contributed by atoms with E-state index < -0.39 is 0 Å². The van der Waals surface area contributed by atoms with Gasteiger partial charge in [0.25, 0.3) is 0 Å². The van der Waals surface area contributed by atoms with Crippen molar-refractivity contribution < 1.29 is 0 Å². The Bertz CT molecular complexity index is 8690. The van der Waals surface area contributed by atoms with Gasteiger partial charge in [-0.05, 0) is 308 Å². The average Bonchev–Trinajstić information content (AvgIpc) is 1.55. The van der Waals surface area contributed by atoms with Crippen LogP contribution in [0.25, 0.3) is 189 Å². The second-order valence-electron chi connectivity index (χ2n) is 43.1. The van der Waals surface area contributed by atoms with E-state index in [9.17, 15) is 0 Å². The first-order valence-corrected chi connectivity index (χ1v) is 46.3. The van der Waals surface area contributed by atoms with Crippen molar-refractivity contribution in [3.05, 3.63) is 326 Å². The first-order valence-electron chi connectivity index (χ1n) is 46.3. The van der Waals surface area contributed by atoms with Crippen molar-refractivity contribution in [2.45, 2.75) is 191 Å². The molecule has 0 saturated heterocycles. The molecule has 14 heteroatoms. The monoisotopic (exact) mass is 1720 g/mol. The van der Waals surface area contributed by atoms with Crippen LogP contribution in [-0.4, -0.2) is 64.9 Å². The summed E-state index contributed by atoms with van der Waals surface area (Å²) in [6.45, 7) is 49.5. The minimum absolute atomic E-state index is 0.0143. The van der Waals surface area contributed by atoms with E-state index in [-0.39, 0.29) is 38.4 Å². The van der Waals surface area contributed by atoms with Crippen LogP contribution in [0.4, 0.5) is 0 Å². The smallest absolute Gasteiger partial charge is 0.216 e. The van der Waals surface area contributed by atoms with Crippen LogP contribution < -0.4 is 0 Å². The van der Waals surface area contributed by atoms with Gasteiger partial charge in [-0.15, -0.1) is 0 Å². The van der Waals surface area contributed by atoms with Gasteiger partial charge in [-0.3, -0.25) is 17.6 Å². The molecule has 131 heavy (non-hydrogen) atoms. The molecule has 14 aromatic carbocycles. The van der Waals surface area contributed by atoms with Crippen molar-refractivity contribution in [2.75, 3.05) is 0 Å². The molecule has 14 nitrogen and oxygen atoms in total. The second-order valence-corrected chi connectivity index (χ2v) is 43.1. The number of hydrogen-bond donors (Lipinski definition) is 0. The quantitative estimate of drug-likeness (QED) is 0.175. The van der Waals surface area contributed by atoms with Crippen LogP contribution in [0.1, 0.15) is 168 Å². The lowest BCUT2D eigenvalue weighted by molar-refractivity contribution is 0.418. The number of aryl methyl sites for hydroxylation is 1. The molecule has 0 aliphatic heterocycles. The highest BCUT2D eigenvalue weighted by Crippen LogP contribution is 2.44. The van der Waals surface area contributed by atoms with E-state index in [2.05, 4.69) is 495 Å². The van der Waals surface area contributed by atoms with Gasteiger partial charge in [0.2, 0.25) is 23.1 Å². The van der Waals surface area contributed by atoms with Crippen LogP contribution in [0.15, 0.2) is 303 Å². The maximum atomic E-state index is 5.39. The normalized spacial score (nSPS) is 13.0. The SMILES string of the molecule is CC(C)(C)c1ccc2c(c1)n1c3ccccc3nc1n2C(C)(C)C.CC(C)(C)c1ccc2c(c1)nc1n(C(C)(C)C)c3ccc(C(C)(C)C)cc3n21.CC(C)(C)n1c2ccc(-c3ccc4c(c3)c3ccccc3n4-c3ccccc3)cc2n2c3ccc(-c4ccc5c(c4)c4ccccc4n5-c4ccccc4)cc3nc12.Cc1ccc2c(c1)n1c3ccccc3nc1n2C(C)(C)C. The Kier molecular flexibility index (Phi) is 19.1. The van der Waals surface area contributed by atoms with Crippen LogP contribution in [0.3, 0.4) is 0 Å². The third-order valence-corrected chi connectivity index (χ3v) is 26.5. The predicted octanol–water partition coefficient (Wildman–Crippen LogP) is 30.5. The molecule has 0 bridgehead atoms. The van der Waals surface area contributed by atoms with E-state index in [1.54, 1.807) is 0 Å². The largest absolute Gasteiger partial charge is 0.309 e. The minimum atomic E-state index is -0.190. The average molecular weight is 1720 g/mol. The highest BCUT2D eigenvalue weighted by molar-refractivity contribution is 6.12. The lowest BCUT2D eigenvalue weighted by atomic mass is 9.86. The van der Waals surface area contributed by atoms with E-state index in [1.165, 1.54) is 149 Å². The summed E-state index contributed by atoms with van der Waals surface area (Å²) >= 11 is 0. The summed E-state index contributed by atoms with van der Waals surface area (Å²) in [5, 5.41) is 4.99. The molecule has 0 atom stereocenters. The molecule has 0 fully saturated rings. The summed E-state index contributed by atoms with van der Waals surface area (Å²) in [7, 11) is 0. The zero-order valence-corrected chi connectivity index (χ0v) is 79.6. The molecular formula is C117H116N14. The summed E-state index contributed by atoms with van der Waals surface area (Å²) in [4.78, 5) is 20.3. The van der Waals surface area contributed by atoms with Gasteiger partial charge in [-0.2, -0.15) is 0 Å². The molecule has 0 aliphatic carbocycles. The highest BCUT2D eigenvalue weighted by atomic mass is 15.3. The second kappa shape index (κ2) is 29.9. The van der Waals surface area contributed by atoms with E-state index >= 15 is 0 Å². The molecule has 10 aromatic heterocycles. The van der Waals surface area contributed by atoms with Gasteiger partial charge in [-0.1, -0.05) is 208 Å². The van der Waals surface area contributed by atoms with Crippen molar-refractivity contribution in [1.29, 1.82) is 0 Å². The zero-order chi connectivity index (χ0) is 91.4. The molecule has 0 aliphatic rings. The van der Waals surface area contributed by atoms with Crippen molar-refractivity contribution >= 4 is 155 Å². The molecule has 24 aromatic rings. The third kappa shape index (κ3) is 13.9. The zero-order valence-electron chi connectivity index (χ0n) is 79.6. The van der Waals surface area contributed by atoms with Gasteiger partial charge >= 0.3 is 0 Å². The van der Waals surface area contributed by atoms with Crippen molar-refractivity contribution in [1.82, 2.24) is 64.9 Å². The fraction of sp³-hybridized carbons (Fsp3) is 0.248. The number of fused-ring (bicyclic) bond motifs is 26. The number of para-hydroxylation sites is 8. The van der Waals surface area contributed by atoms with Gasteiger partial charge in [0, 0.05) is 55.1 Å². The molecule has 0 radical (unpaired) electrons. The van der Waals surface area contributed by atoms with Gasteiger partial charge in [0.15, 0.2) is 0 Å². The number of aromatic nitrogens is 14. The number of imidazole rings is 8. The predicted molar refractivity (Wildman–Crippen MR) is 553 cm³/mol. The molecular weight excluding hydrogens is 1600 g/mol. The van der Waals surface area contributed by atoms with E-state index in [1.807, 2.05) is 6.07 Å². The van der Waals surface area contributed by atoms with Crippen LogP contribution in [0.2, 0.25) is 0 Å². The standard InChI is InChI=1S/C53H39N5.C25H33N3.C21H25N3.C18H19N3/c1-53(2,3)58-50-29-25-37(35-23-27-48-43(31-35)41-19-11-13-21-46(41)56(48)39-16-8-5-9-17-39)33-51(50)57-49-28-24-36(32-44(49)54-52(57)58)34-22-26-47-42(30-34)40-18-10-12-20-45(40)55(47)38-14-6-4-7-15-38;1-23(2,3)16-10-12-19-18(14-16)26-22-27(19)21-15-17(24(4,5)6)11-13-20(21)28(22)25(7,8)9;1-20(2,3)14-11-12-17-18(13-14)23-16-10-8-7-9-15(16)22-19(23)24(17)21(4,5)6;1-12-9-10-15-16(11-12)20-14-8-6-5-7-13(14)19-17(20)21(15)18(2,3)4/h4-33H,1-3H3;10-15H,1-9H3;7-13H,1-6H3;5-11H,1-4H3. The highest BCUT2D eigenvalue weighted by Gasteiger charge is 2.32. The molecule has 10 heterocycles. The number of hydrogen-bond acceptors (Lipinski definition) is 4. The van der Waals surface area contributed by atoms with Gasteiger partial charge in [0.05, 0.1) is 110 Å². The fourth-order valence-electron chi connectivity index (χ4n) is 20.2. The number of nitrogens with zero attached hydrogens (tertiary/aromatic N) is 14. The molecule has 0 spiro atoms. The maximum absolute atomic E-state index is 5.39.